The number of amides is 13. The van der Waals surface area contributed by atoms with E-state index >= 15 is 0 Å². The Hall–Kier alpha value is -9.73. The Morgan fingerprint density at radius 1 is 0.281 bits per heavy atom. The van der Waals surface area contributed by atoms with Crippen molar-refractivity contribution >= 4 is 101 Å². The number of carboxylic acid groups (broad SMARTS) is 2. The van der Waals surface area contributed by atoms with E-state index in [0.29, 0.717) is 90.0 Å². The van der Waals surface area contributed by atoms with Gasteiger partial charge in [-0.15, -0.1) is 0 Å². The number of hydrogen-bond acceptors (Lipinski definition) is 25. The van der Waals surface area contributed by atoms with Crippen LogP contribution in [0.2, 0.25) is 0 Å². The van der Waals surface area contributed by atoms with Gasteiger partial charge in [-0.05, 0) is 219 Å². The fourth-order valence-corrected chi connectivity index (χ4v) is 11.5. The molecule has 44 nitrogen and oxygen atoms in total. The van der Waals surface area contributed by atoms with E-state index < -0.39 is 181 Å². The lowest BCUT2D eigenvalue weighted by Crippen LogP contribution is -2.59. The predicted octanol–water partition coefficient (Wildman–Crippen LogP) is -8.87. The third-order valence-corrected chi connectivity index (χ3v) is 17.6. The van der Waals surface area contributed by atoms with Crippen molar-refractivity contribution in [3.63, 3.8) is 0 Å². The molecule has 0 rings (SSSR count). The topological polar surface area (TPSA) is 790 Å². The number of nitrogens with one attached hydrogen (secondary N) is 13. The van der Waals surface area contributed by atoms with Gasteiger partial charge in [0, 0.05) is 13.1 Å². The molecule has 13 amide bonds. The number of nitrogens with zero attached hydrogens (tertiary/aromatic N) is 2. The molecule has 0 aliphatic rings. The van der Waals surface area contributed by atoms with Crippen molar-refractivity contribution in [1.82, 2.24) is 69.1 Å². The van der Waals surface area contributed by atoms with Crippen LogP contribution in [-0.2, 0) is 71.9 Å². The van der Waals surface area contributed by atoms with Gasteiger partial charge in [0.05, 0.1) is 26.1 Å². The third kappa shape index (κ3) is 48.4. The Labute approximate surface area is 666 Å². The normalized spacial score (nSPS) is 13.9. The lowest BCUT2D eigenvalue weighted by molar-refractivity contribution is -0.147. The maximum Gasteiger partial charge on any atom is 0.326 e. The molecule has 0 spiro atoms. The van der Waals surface area contributed by atoms with Gasteiger partial charge in [-0.2, -0.15) is 0 Å². The lowest BCUT2D eigenvalue weighted by atomic mass is 10.0. The highest BCUT2D eigenvalue weighted by molar-refractivity contribution is 5.99. The molecule has 0 fully saturated rings. The van der Waals surface area contributed by atoms with Crippen LogP contribution >= 0.6 is 0 Å². The van der Waals surface area contributed by atoms with Crippen LogP contribution in [0, 0.1) is 5.92 Å². The first kappa shape index (κ1) is 104. The molecule has 114 heavy (non-hydrogen) atoms. The van der Waals surface area contributed by atoms with Crippen molar-refractivity contribution < 1.29 is 82.1 Å². The van der Waals surface area contributed by atoms with Gasteiger partial charge in [0.15, 0.2) is 11.9 Å². The molecule has 0 radical (unpaired) electrons. The van der Waals surface area contributed by atoms with Crippen molar-refractivity contribution in [2.24, 2.45) is 84.7 Å². The summed E-state index contributed by atoms with van der Waals surface area (Å²) in [5, 5.41) is 52.4. The molecule has 0 unspecified atom stereocenters. The fraction of sp³-hybridized carbons (Fsp3) is 0.757. The number of nitrogens with two attached hydrogens (primary N) is 12. The first-order chi connectivity index (χ1) is 54.2. The summed E-state index contributed by atoms with van der Waals surface area (Å²) in [6.45, 7) is 3.26. The zero-order valence-electron chi connectivity index (χ0n) is 66.3. The van der Waals surface area contributed by atoms with E-state index in [1.54, 1.807) is 13.8 Å². The summed E-state index contributed by atoms with van der Waals surface area (Å²) >= 11 is 0. The predicted molar refractivity (Wildman–Crippen MR) is 426 cm³/mol. The summed E-state index contributed by atoms with van der Waals surface area (Å²) < 4.78 is 0. The summed E-state index contributed by atoms with van der Waals surface area (Å²) in [4.78, 5) is 212. The van der Waals surface area contributed by atoms with Crippen LogP contribution in [0.1, 0.15) is 187 Å². The van der Waals surface area contributed by atoms with Crippen LogP contribution in [0.5, 0.6) is 0 Å². The van der Waals surface area contributed by atoms with E-state index in [2.05, 4.69) is 79.1 Å². The molecule has 0 aromatic rings. The van der Waals surface area contributed by atoms with Crippen LogP contribution in [0.15, 0.2) is 9.98 Å². The number of carbonyl (C=O) groups excluding carboxylic acids is 13. The van der Waals surface area contributed by atoms with E-state index in [0.717, 1.165) is 0 Å². The SMILES string of the molecule is CC(C)C[C@H](NC(=O)[C@H](CCCCN)NC(=O)CNC(=O)[C@H](CCCCN)NC(=O)[C@H](CCCCN)NC(=O)[C@H](CCCCN)NC(=O)[C@H](CCCN=C(N)N)NC(=O)[C@H](CCCCN)NC(=O)CN)C(=O)NCC(=O)N[C@@H](CCCCN)C(=O)N[C@@H](CCCCN)C(=O)N[C@@H](CCCN=C(N)N)C(=O)N[C@@H](CC(=O)O)C(=O)O. The van der Waals surface area contributed by atoms with E-state index in [1.807, 2.05) is 0 Å². The molecule has 0 aromatic heterocycles. The fourth-order valence-electron chi connectivity index (χ4n) is 11.5. The summed E-state index contributed by atoms with van der Waals surface area (Å²) in [6, 6.07) is -15.1. The molecule has 0 aliphatic carbocycles. The largest absolute Gasteiger partial charge is 0.481 e. The highest BCUT2D eigenvalue weighted by Gasteiger charge is 2.36. The molecular formula is C70H135N27O17. The van der Waals surface area contributed by atoms with Crippen LogP contribution in [-0.4, -0.2) is 256 Å². The summed E-state index contributed by atoms with van der Waals surface area (Å²) in [7, 11) is 0. The van der Waals surface area contributed by atoms with Gasteiger partial charge in [0.2, 0.25) is 76.8 Å². The van der Waals surface area contributed by atoms with Gasteiger partial charge in [-0.1, -0.05) is 13.8 Å². The second-order valence-corrected chi connectivity index (χ2v) is 27.9. The maximum absolute atomic E-state index is 14.5. The number of aliphatic imine (C=N–C) groups is 2. The van der Waals surface area contributed by atoms with Crippen molar-refractivity contribution in [1.29, 1.82) is 0 Å². The second kappa shape index (κ2) is 62.7. The Morgan fingerprint density at radius 2 is 0.500 bits per heavy atom. The first-order valence-corrected chi connectivity index (χ1v) is 39.3. The molecule has 11 atom stereocenters. The minimum atomic E-state index is -1.88. The Kier molecular flexibility index (Phi) is 57.3. The Morgan fingerprint density at radius 3 is 0.728 bits per heavy atom. The number of guanidine groups is 2. The average molecular weight is 1630 g/mol. The van der Waals surface area contributed by atoms with E-state index in [-0.39, 0.29) is 154 Å². The lowest BCUT2D eigenvalue weighted by Gasteiger charge is -2.27. The van der Waals surface area contributed by atoms with Crippen molar-refractivity contribution in [3.05, 3.63) is 0 Å². The quantitative estimate of drug-likeness (QED) is 0.0153. The zero-order chi connectivity index (χ0) is 85.9. The zero-order valence-corrected chi connectivity index (χ0v) is 66.3. The maximum atomic E-state index is 14.5. The smallest absolute Gasteiger partial charge is 0.326 e. The van der Waals surface area contributed by atoms with Crippen LogP contribution in [0.25, 0.3) is 0 Å². The molecule has 0 bridgehead atoms. The standard InChI is InChI=1S/C70H135N27O17/c1-42(2)37-52(59(104)86-41-56(100)88-45(21-5-12-30-73)61(106)91-48(24-8-15-33-76)65(110)95-51(27-18-36-84-70(81)82)67(112)97-53(68(113)114)38-57(101)102)96-62(107)46(22-6-13-31-74)89-55(99)40-85-58(103)43(19-3-10-28-71)90-63(108)47(23-7-14-32-75)92-64(109)49(25-9-16-34-77)93-66(111)50(26-17-35-83-69(79)80)94-60(105)44(20-4-11-29-72)87-54(98)39-78/h42-53H,3-41,71-78H2,1-2H3,(H,85,103)(H,86,104)(H,87,98)(H,88,100)(H,89,99)(H,90,108)(H,91,106)(H,92,109)(H,93,111)(H,94,105)(H,95,110)(H,96,107)(H,97,112)(H,101,102)(H,113,114)(H4,79,80,83)(H4,81,82,84)/t43-,44-,45-,46-,47-,48-,49-,50-,51-,52-,53-/m0/s1. The van der Waals surface area contributed by atoms with E-state index in [1.165, 1.54) is 0 Å². The van der Waals surface area contributed by atoms with Gasteiger partial charge in [0.1, 0.15) is 66.5 Å². The number of unbranched alkanes of at least 4 members (excludes halogenated alkanes) is 7. The molecule has 0 saturated heterocycles. The van der Waals surface area contributed by atoms with Crippen LogP contribution in [0.4, 0.5) is 0 Å². The van der Waals surface area contributed by atoms with Gasteiger partial charge < -0.3 is 148 Å². The van der Waals surface area contributed by atoms with Crippen LogP contribution in [0.3, 0.4) is 0 Å². The number of hydrogen-bond donors (Lipinski definition) is 27. The molecule has 39 N–H and O–H groups in total. The minimum Gasteiger partial charge on any atom is -0.481 e. The number of aliphatic carboxylic acids is 2. The van der Waals surface area contributed by atoms with Crippen molar-refractivity contribution in [2.45, 2.75) is 254 Å². The van der Waals surface area contributed by atoms with Crippen molar-refractivity contribution in [3.8, 4) is 0 Å². The summed E-state index contributed by atoms with van der Waals surface area (Å²) in [5.41, 5.74) is 67.9. The number of carboxylic acids is 2. The van der Waals surface area contributed by atoms with E-state index in [4.69, 9.17) is 68.8 Å². The van der Waals surface area contributed by atoms with Crippen LogP contribution < -0.4 is 138 Å². The molecule has 652 valence electrons. The Bertz CT molecular complexity index is 3020. The second-order valence-electron chi connectivity index (χ2n) is 27.9. The molecule has 0 aromatic carbocycles. The molecule has 0 saturated carbocycles. The van der Waals surface area contributed by atoms with Crippen molar-refractivity contribution in [2.75, 3.05) is 78.5 Å². The minimum absolute atomic E-state index is 0.0000433. The molecular weight excluding hydrogens is 1490 g/mol. The third-order valence-electron chi connectivity index (χ3n) is 17.6. The molecule has 44 heteroatoms. The first-order valence-electron chi connectivity index (χ1n) is 39.3. The molecule has 0 aliphatic heterocycles. The highest BCUT2D eigenvalue weighted by atomic mass is 16.4. The van der Waals surface area contributed by atoms with Gasteiger partial charge in [0.25, 0.3) is 0 Å². The molecule has 0 heterocycles. The van der Waals surface area contributed by atoms with Gasteiger partial charge in [-0.3, -0.25) is 77.1 Å². The summed E-state index contributed by atoms with van der Waals surface area (Å²) in [6.07, 6.45) is 4.43. The number of carbonyl (C=O) groups is 15. The number of rotatable bonds is 67. The monoisotopic (exact) mass is 1630 g/mol. The highest BCUT2D eigenvalue weighted by Crippen LogP contribution is 2.14. The Balaban J connectivity index is 6.87. The van der Waals surface area contributed by atoms with E-state index in [9.17, 15) is 82.1 Å². The summed E-state index contributed by atoms with van der Waals surface area (Å²) in [5.74, 6) is -14.8. The van der Waals surface area contributed by atoms with Gasteiger partial charge >= 0.3 is 11.9 Å². The average Bonchev–Trinajstić information content (AvgIpc) is 0.851. The van der Waals surface area contributed by atoms with Gasteiger partial charge in [-0.25, -0.2) is 4.79 Å².